The molecule has 2 aliphatic heterocycles. The first-order valence-corrected chi connectivity index (χ1v) is 5.74. The van der Waals surface area contributed by atoms with Crippen LogP contribution in [0.25, 0.3) is 0 Å². The quantitative estimate of drug-likeness (QED) is 0.636. The van der Waals surface area contributed by atoms with E-state index in [1.54, 1.807) is 4.90 Å². The maximum Gasteiger partial charge on any atom is 0.223 e. The van der Waals surface area contributed by atoms with E-state index in [9.17, 15) is 9.18 Å². The number of halogens is 1. The van der Waals surface area contributed by atoms with Crippen LogP contribution in [-0.2, 0) is 4.79 Å². The van der Waals surface area contributed by atoms with Crippen LogP contribution in [0.4, 0.5) is 4.39 Å². The number of amides is 1. The van der Waals surface area contributed by atoms with Crippen LogP contribution in [0, 0.1) is 0 Å². The molecule has 0 aromatic heterocycles. The lowest BCUT2D eigenvalue weighted by molar-refractivity contribution is -0.131. The molecule has 0 radical (unpaired) electrons. The van der Waals surface area contributed by atoms with Gasteiger partial charge in [-0.3, -0.25) is 15.0 Å². The first-order chi connectivity index (χ1) is 7.74. The van der Waals surface area contributed by atoms with E-state index in [0.29, 0.717) is 26.2 Å². The first kappa shape index (κ1) is 11.8. The molecule has 0 aliphatic carbocycles. The van der Waals surface area contributed by atoms with Crippen LogP contribution in [-0.4, -0.2) is 67.9 Å². The molecule has 1 amide bonds. The molecule has 0 aromatic rings. The largest absolute Gasteiger partial charge is 0.339 e. The summed E-state index contributed by atoms with van der Waals surface area (Å²) in [4.78, 5) is 15.6. The Kier molecular flexibility index (Phi) is 3.73. The van der Waals surface area contributed by atoms with Gasteiger partial charge in [-0.05, 0) is 0 Å². The second-order valence-corrected chi connectivity index (χ2v) is 4.33. The van der Waals surface area contributed by atoms with Gasteiger partial charge in [0.15, 0.2) is 0 Å². The van der Waals surface area contributed by atoms with Gasteiger partial charge >= 0.3 is 0 Å². The third-order valence-electron chi connectivity index (χ3n) is 3.42. The van der Waals surface area contributed by atoms with E-state index in [-0.39, 0.29) is 24.8 Å². The number of nitrogens with one attached hydrogen (secondary N) is 2. The molecule has 2 unspecified atom stereocenters. The van der Waals surface area contributed by atoms with Crippen LogP contribution in [0.3, 0.4) is 0 Å². The predicted octanol–water partition coefficient (Wildman–Crippen LogP) is -1.03. The fourth-order valence-electron chi connectivity index (χ4n) is 2.46. The Balaban J connectivity index is 2.14. The van der Waals surface area contributed by atoms with E-state index < -0.39 is 0 Å². The molecule has 2 N–H and O–H groups in total. The molecule has 2 aliphatic rings. The van der Waals surface area contributed by atoms with Crippen LogP contribution in [0.1, 0.15) is 6.42 Å². The highest BCUT2D eigenvalue weighted by molar-refractivity contribution is 5.76. The summed E-state index contributed by atoms with van der Waals surface area (Å²) in [5.74, 6) is 0.141. The SMILES string of the molecule is CN1C(=O)CCN(CCF)C2NCNCC21. The van der Waals surface area contributed by atoms with Crippen LogP contribution in [0.2, 0.25) is 0 Å². The van der Waals surface area contributed by atoms with Gasteiger partial charge in [0.2, 0.25) is 5.91 Å². The summed E-state index contributed by atoms with van der Waals surface area (Å²) in [6.45, 7) is 2.15. The van der Waals surface area contributed by atoms with Crippen molar-refractivity contribution in [1.82, 2.24) is 20.4 Å². The number of carbonyl (C=O) groups excluding carboxylic acids is 1. The van der Waals surface area contributed by atoms with Gasteiger partial charge in [-0.25, -0.2) is 4.39 Å². The number of rotatable bonds is 2. The lowest BCUT2D eigenvalue weighted by atomic mass is 10.1. The number of hydrogen-bond donors (Lipinski definition) is 2. The van der Waals surface area contributed by atoms with Crippen molar-refractivity contribution in [3.63, 3.8) is 0 Å². The molecule has 0 spiro atoms. The van der Waals surface area contributed by atoms with Crippen molar-refractivity contribution in [2.45, 2.75) is 18.6 Å². The number of carbonyl (C=O) groups is 1. The van der Waals surface area contributed by atoms with Crippen LogP contribution in [0.5, 0.6) is 0 Å². The monoisotopic (exact) mass is 230 g/mol. The zero-order chi connectivity index (χ0) is 11.5. The predicted molar refractivity (Wildman–Crippen MR) is 58.5 cm³/mol. The molecule has 6 heteroatoms. The minimum atomic E-state index is -0.365. The summed E-state index contributed by atoms with van der Waals surface area (Å²) < 4.78 is 12.5. The summed E-state index contributed by atoms with van der Waals surface area (Å²) >= 11 is 0. The highest BCUT2D eigenvalue weighted by Gasteiger charge is 2.37. The summed E-state index contributed by atoms with van der Waals surface area (Å²) in [6.07, 6.45) is 0.555. The second-order valence-electron chi connectivity index (χ2n) is 4.33. The molecule has 2 atom stereocenters. The van der Waals surface area contributed by atoms with E-state index in [4.69, 9.17) is 0 Å². The molecule has 0 saturated carbocycles. The fourth-order valence-corrected chi connectivity index (χ4v) is 2.46. The average molecular weight is 230 g/mol. The molecule has 0 bridgehead atoms. The highest BCUT2D eigenvalue weighted by atomic mass is 19.1. The van der Waals surface area contributed by atoms with Crippen LogP contribution in [0.15, 0.2) is 0 Å². The minimum absolute atomic E-state index is 0.0773. The van der Waals surface area contributed by atoms with Gasteiger partial charge in [0.05, 0.1) is 12.2 Å². The smallest absolute Gasteiger partial charge is 0.223 e. The topological polar surface area (TPSA) is 47.6 Å². The lowest BCUT2D eigenvalue weighted by Gasteiger charge is -2.41. The molecular formula is C10H19FN4O. The van der Waals surface area contributed by atoms with Gasteiger partial charge in [0.25, 0.3) is 0 Å². The van der Waals surface area contributed by atoms with E-state index in [1.807, 2.05) is 11.9 Å². The maximum absolute atomic E-state index is 12.5. The van der Waals surface area contributed by atoms with Crippen molar-refractivity contribution in [3.05, 3.63) is 0 Å². The molecule has 2 rings (SSSR count). The average Bonchev–Trinajstić information content (AvgIpc) is 2.43. The number of likely N-dealkylation sites (N-methyl/N-ethyl adjacent to an activating group) is 1. The van der Waals surface area contributed by atoms with Gasteiger partial charge in [-0.15, -0.1) is 0 Å². The van der Waals surface area contributed by atoms with E-state index in [2.05, 4.69) is 10.6 Å². The molecule has 5 nitrogen and oxygen atoms in total. The Morgan fingerprint density at radius 2 is 2.38 bits per heavy atom. The highest BCUT2D eigenvalue weighted by Crippen LogP contribution is 2.16. The van der Waals surface area contributed by atoms with E-state index in [0.717, 1.165) is 6.54 Å². The van der Waals surface area contributed by atoms with Gasteiger partial charge in [-0.2, -0.15) is 0 Å². The molecule has 92 valence electrons. The van der Waals surface area contributed by atoms with Crippen molar-refractivity contribution in [1.29, 1.82) is 0 Å². The first-order valence-electron chi connectivity index (χ1n) is 5.74. The number of hydrogen-bond acceptors (Lipinski definition) is 4. The Hall–Kier alpha value is -0.720. The maximum atomic E-state index is 12.5. The second kappa shape index (κ2) is 5.07. The van der Waals surface area contributed by atoms with Crippen LogP contribution >= 0.6 is 0 Å². The van der Waals surface area contributed by atoms with Gasteiger partial charge < -0.3 is 10.2 Å². The number of nitrogens with zero attached hydrogens (tertiary/aromatic N) is 2. The van der Waals surface area contributed by atoms with Crippen molar-refractivity contribution < 1.29 is 9.18 Å². The summed E-state index contributed by atoms with van der Waals surface area (Å²) in [7, 11) is 1.83. The third-order valence-corrected chi connectivity index (χ3v) is 3.42. The molecule has 2 heterocycles. The zero-order valence-electron chi connectivity index (χ0n) is 9.58. The number of alkyl halides is 1. The Labute approximate surface area is 95.0 Å². The molecular weight excluding hydrogens is 211 g/mol. The Morgan fingerprint density at radius 3 is 3.12 bits per heavy atom. The van der Waals surface area contributed by atoms with Gasteiger partial charge in [0.1, 0.15) is 6.67 Å². The van der Waals surface area contributed by atoms with E-state index in [1.165, 1.54) is 0 Å². The Bertz CT molecular complexity index is 263. The van der Waals surface area contributed by atoms with Crippen molar-refractivity contribution in [2.24, 2.45) is 0 Å². The molecule has 16 heavy (non-hydrogen) atoms. The van der Waals surface area contributed by atoms with Gasteiger partial charge in [-0.1, -0.05) is 0 Å². The zero-order valence-corrected chi connectivity index (χ0v) is 9.58. The van der Waals surface area contributed by atoms with Crippen molar-refractivity contribution >= 4 is 5.91 Å². The lowest BCUT2D eigenvalue weighted by Crippen LogP contribution is -2.65. The summed E-state index contributed by atoms with van der Waals surface area (Å²) in [5.41, 5.74) is 0. The molecule has 0 aromatic carbocycles. The van der Waals surface area contributed by atoms with Crippen molar-refractivity contribution in [3.8, 4) is 0 Å². The van der Waals surface area contributed by atoms with Crippen LogP contribution < -0.4 is 10.6 Å². The fraction of sp³-hybridized carbons (Fsp3) is 0.900. The molecule has 2 fully saturated rings. The third kappa shape index (κ3) is 2.18. The van der Waals surface area contributed by atoms with Crippen molar-refractivity contribution in [2.75, 3.05) is 40.0 Å². The standard InChI is InChI=1S/C10H19FN4O/c1-14-8-6-12-7-13-10(8)15(5-3-11)4-2-9(14)16/h8,10,12-13H,2-7H2,1H3. The van der Waals surface area contributed by atoms with Gasteiger partial charge in [0, 0.05) is 39.8 Å². The van der Waals surface area contributed by atoms with E-state index >= 15 is 0 Å². The molecule has 2 saturated heterocycles. The minimum Gasteiger partial charge on any atom is -0.339 e. The Morgan fingerprint density at radius 1 is 1.56 bits per heavy atom. The summed E-state index contributed by atoms with van der Waals surface area (Å²) in [6, 6.07) is 0.0929. The summed E-state index contributed by atoms with van der Waals surface area (Å²) in [5, 5.41) is 6.50. The number of fused-ring (bicyclic) bond motifs is 1. The normalized spacial score (nSPS) is 32.4.